The molecule has 0 unspecified atom stereocenters. The van der Waals surface area contributed by atoms with Gasteiger partial charge in [-0.2, -0.15) is 0 Å². The van der Waals surface area contributed by atoms with E-state index in [0.29, 0.717) is 25.2 Å². The van der Waals surface area contributed by atoms with Crippen molar-refractivity contribution < 1.29 is 9.18 Å². The fourth-order valence-electron chi connectivity index (χ4n) is 2.36. The summed E-state index contributed by atoms with van der Waals surface area (Å²) >= 11 is 0. The maximum absolute atomic E-state index is 14.1. The second kappa shape index (κ2) is 7.71. The summed E-state index contributed by atoms with van der Waals surface area (Å²) in [6.07, 6.45) is 0.722. The van der Waals surface area contributed by atoms with Crippen molar-refractivity contribution >= 4 is 5.91 Å². The Balaban J connectivity index is 2.13. The standard InChI is InChI=1S/C18H21FN2O/c1-14-6-5-9-16(17(14)19)18(22)21(13-11-20)12-10-15-7-3-2-4-8-15/h2-9H,10-13,20H2,1H3. The summed E-state index contributed by atoms with van der Waals surface area (Å²) in [6, 6.07) is 14.8. The highest BCUT2D eigenvalue weighted by atomic mass is 19.1. The predicted molar refractivity (Wildman–Crippen MR) is 86.2 cm³/mol. The lowest BCUT2D eigenvalue weighted by atomic mass is 10.1. The Morgan fingerprint density at radius 3 is 2.50 bits per heavy atom. The number of nitrogens with two attached hydrogens (primary N) is 1. The van der Waals surface area contributed by atoms with E-state index in [1.807, 2.05) is 30.3 Å². The molecule has 0 spiro atoms. The zero-order valence-corrected chi connectivity index (χ0v) is 12.8. The average Bonchev–Trinajstić information content (AvgIpc) is 2.54. The third-order valence-corrected chi connectivity index (χ3v) is 3.62. The van der Waals surface area contributed by atoms with Crippen molar-refractivity contribution in [3.05, 3.63) is 71.0 Å². The SMILES string of the molecule is Cc1cccc(C(=O)N(CCN)CCc2ccccc2)c1F. The quantitative estimate of drug-likeness (QED) is 0.891. The highest BCUT2D eigenvalue weighted by Gasteiger charge is 2.19. The number of amides is 1. The Kier molecular flexibility index (Phi) is 5.67. The van der Waals surface area contributed by atoms with Crippen molar-refractivity contribution in [1.82, 2.24) is 4.90 Å². The zero-order chi connectivity index (χ0) is 15.9. The molecule has 3 nitrogen and oxygen atoms in total. The van der Waals surface area contributed by atoms with Gasteiger partial charge in [-0.1, -0.05) is 42.5 Å². The molecule has 4 heteroatoms. The number of benzene rings is 2. The van der Waals surface area contributed by atoms with Gasteiger partial charge >= 0.3 is 0 Å². The molecule has 116 valence electrons. The van der Waals surface area contributed by atoms with Crippen LogP contribution >= 0.6 is 0 Å². The Hall–Kier alpha value is -2.20. The number of halogens is 1. The monoisotopic (exact) mass is 300 g/mol. The molecule has 0 fully saturated rings. The van der Waals surface area contributed by atoms with E-state index < -0.39 is 5.82 Å². The topological polar surface area (TPSA) is 46.3 Å². The smallest absolute Gasteiger partial charge is 0.256 e. The second-order valence-corrected chi connectivity index (χ2v) is 5.25. The van der Waals surface area contributed by atoms with Gasteiger partial charge < -0.3 is 10.6 Å². The van der Waals surface area contributed by atoms with Crippen molar-refractivity contribution in [2.45, 2.75) is 13.3 Å². The van der Waals surface area contributed by atoms with Crippen molar-refractivity contribution in [2.75, 3.05) is 19.6 Å². The number of carbonyl (C=O) groups is 1. The molecule has 2 aromatic carbocycles. The summed E-state index contributed by atoms with van der Waals surface area (Å²) in [5.41, 5.74) is 7.32. The molecule has 0 bridgehead atoms. The van der Waals surface area contributed by atoms with Crippen LogP contribution in [0, 0.1) is 12.7 Å². The van der Waals surface area contributed by atoms with Crippen LogP contribution in [0.15, 0.2) is 48.5 Å². The average molecular weight is 300 g/mol. The first kappa shape index (κ1) is 16.2. The molecular weight excluding hydrogens is 279 g/mol. The van der Waals surface area contributed by atoms with Crippen LogP contribution in [-0.2, 0) is 6.42 Å². The molecule has 1 amide bonds. The largest absolute Gasteiger partial charge is 0.337 e. The van der Waals surface area contributed by atoms with E-state index in [0.717, 1.165) is 12.0 Å². The van der Waals surface area contributed by atoms with Crippen molar-refractivity contribution in [2.24, 2.45) is 5.73 Å². The lowest BCUT2D eigenvalue weighted by Gasteiger charge is -2.22. The van der Waals surface area contributed by atoms with Crippen LogP contribution in [0.5, 0.6) is 0 Å². The van der Waals surface area contributed by atoms with Crippen LogP contribution in [0.2, 0.25) is 0 Å². The van der Waals surface area contributed by atoms with Crippen LogP contribution in [0.1, 0.15) is 21.5 Å². The zero-order valence-electron chi connectivity index (χ0n) is 12.8. The summed E-state index contributed by atoms with van der Waals surface area (Å²) in [5, 5.41) is 0. The maximum atomic E-state index is 14.1. The lowest BCUT2D eigenvalue weighted by Crippen LogP contribution is -2.37. The predicted octanol–water partition coefficient (Wildman–Crippen LogP) is 2.78. The molecule has 0 aromatic heterocycles. The maximum Gasteiger partial charge on any atom is 0.256 e. The number of hydrogen-bond donors (Lipinski definition) is 1. The molecule has 2 aromatic rings. The molecule has 0 aliphatic rings. The first-order valence-corrected chi connectivity index (χ1v) is 7.42. The minimum atomic E-state index is -0.450. The van der Waals surface area contributed by atoms with Gasteiger partial charge in [0.15, 0.2) is 0 Å². The molecule has 22 heavy (non-hydrogen) atoms. The Bertz CT molecular complexity index is 628. The van der Waals surface area contributed by atoms with Crippen LogP contribution in [0.25, 0.3) is 0 Å². The van der Waals surface area contributed by atoms with Gasteiger partial charge in [0.2, 0.25) is 0 Å². The Labute approximate surface area is 130 Å². The van der Waals surface area contributed by atoms with Gasteiger partial charge in [-0.15, -0.1) is 0 Å². The molecule has 0 aliphatic carbocycles. The first-order valence-electron chi connectivity index (χ1n) is 7.42. The number of hydrogen-bond acceptors (Lipinski definition) is 2. The third kappa shape index (κ3) is 3.92. The lowest BCUT2D eigenvalue weighted by molar-refractivity contribution is 0.0757. The number of rotatable bonds is 6. The van der Waals surface area contributed by atoms with Gasteiger partial charge in [0.1, 0.15) is 5.82 Å². The molecule has 2 N–H and O–H groups in total. The Morgan fingerprint density at radius 1 is 1.09 bits per heavy atom. The minimum absolute atomic E-state index is 0.113. The van der Waals surface area contributed by atoms with E-state index in [2.05, 4.69) is 0 Å². The van der Waals surface area contributed by atoms with Gasteiger partial charge in [0, 0.05) is 19.6 Å². The van der Waals surface area contributed by atoms with Gasteiger partial charge in [-0.25, -0.2) is 4.39 Å². The van der Waals surface area contributed by atoms with Crippen molar-refractivity contribution in [1.29, 1.82) is 0 Å². The van der Waals surface area contributed by atoms with Gasteiger partial charge in [-0.05, 0) is 30.5 Å². The summed E-state index contributed by atoms with van der Waals surface area (Å²) in [7, 11) is 0. The van der Waals surface area contributed by atoms with Gasteiger partial charge in [0.05, 0.1) is 5.56 Å². The molecule has 2 rings (SSSR count). The van der Waals surface area contributed by atoms with Gasteiger partial charge in [0.25, 0.3) is 5.91 Å². The molecule has 0 aliphatic heterocycles. The molecule has 0 atom stereocenters. The van der Waals surface area contributed by atoms with E-state index in [-0.39, 0.29) is 11.5 Å². The van der Waals surface area contributed by atoms with E-state index in [4.69, 9.17) is 5.73 Å². The first-order chi connectivity index (χ1) is 10.6. The number of nitrogens with zero attached hydrogens (tertiary/aromatic N) is 1. The van der Waals surface area contributed by atoms with Crippen LogP contribution < -0.4 is 5.73 Å². The van der Waals surface area contributed by atoms with Crippen LogP contribution in [0.4, 0.5) is 4.39 Å². The summed E-state index contributed by atoms with van der Waals surface area (Å²) in [4.78, 5) is 14.2. The van der Waals surface area contributed by atoms with Crippen molar-refractivity contribution in [3.8, 4) is 0 Å². The number of aryl methyl sites for hydroxylation is 1. The van der Waals surface area contributed by atoms with E-state index in [1.165, 1.54) is 6.07 Å². The fourth-order valence-corrected chi connectivity index (χ4v) is 2.36. The highest BCUT2D eigenvalue weighted by Crippen LogP contribution is 2.14. The normalized spacial score (nSPS) is 10.5. The Morgan fingerprint density at radius 2 is 1.82 bits per heavy atom. The van der Waals surface area contributed by atoms with E-state index >= 15 is 0 Å². The molecule has 0 radical (unpaired) electrons. The third-order valence-electron chi connectivity index (χ3n) is 3.62. The minimum Gasteiger partial charge on any atom is -0.337 e. The molecular formula is C18H21FN2O. The summed E-state index contributed by atoms with van der Waals surface area (Å²) in [6.45, 7) is 2.95. The van der Waals surface area contributed by atoms with E-state index in [1.54, 1.807) is 24.0 Å². The summed E-state index contributed by atoms with van der Waals surface area (Å²) < 4.78 is 14.1. The van der Waals surface area contributed by atoms with Crippen LogP contribution in [0.3, 0.4) is 0 Å². The van der Waals surface area contributed by atoms with E-state index in [9.17, 15) is 9.18 Å². The molecule has 0 saturated carbocycles. The fraction of sp³-hybridized carbons (Fsp3) is 0.278. The highest BCUT2D eigenvalue weighted by molar-refractivity contribution is 5.94. The second-order valence-electron chi connectivity index (χ2n) is 5.25. The van der Waals surface area contributed by atoms with Crippen molar-refractivity contribution in [3.63, 3.8) is 0 Å². The van der Waals surface area contributed by atoms with Crippen LogP contribution in [-0.4, -0.2) is 30.4 Å². The molecule has 0 heterocycles. The molecule has 0 saturated heterocycles. The van der Waals surface area contributed by atoms with Gasteiger partial charge in [-0.3, -0.25) is 4.79 Å². The number of carbonyl (C=O) groups excluding carboxylic acids is 1. The summed E-state index contributed by atoms with van der Waals surface area (Å²) in [5.74, 6) is -0.753.